The topological polar surface area (TPSA) is 37.9 Å². The van der Waals surface area contributed by atoms with E-state index in [0.717, 1.165) is 18.9 Å². The van der Waals surface area contributed by atoms with Gasteiger partial charge in [0.25, 0.3) is 0 Å². The Labute approximate surface area is 97.6 Å². The van der Waals surface area contributed by atoms with Crippen LogP contribution >= 0.6 is 0 Å². The van der Waals surface area contributed by atoms with Gasteiger partial charge in [-0.25, -0.2) is 4.98 Å². The number of fused-ring (bicyclic) bond motifs is 1. The van der Waals surface area contributed by atoms with Gasteiger partial charge in [0.2, 0.25) is 0 Å². The highest BCUT2D eigenvalue weighted by Crippen LogP contribution is 2.29. The maximum atomic E-state index is 5.16. The molecule has 1 heterocycles. The SMILES string of the molecule is COCC(C)Cc1nc2c([nH]1)CCCC2C. The molecule has 1 aliphatic rings. The molecule has 0 radical (unpaired) electrons. The minimum absolute atomic E-state index is 0.535. The molecule has 0 saturated heterocycles. The number of hydrogen-bond acceptors (Lipinski definition) is 2. The Hall–Kier alpha value is -0.830. The van der Waals surface area contributed by atoms with Crippen molar-refractivity contribution in [2.75, 3.05) is 13.7 Å². The van der Waals surface area contributed by atoms with Gasteiger partial charge in [0.1, 0.15) is 5.82 Å². The van der Waals surface area contributed by atoms with E-state index in [-0.39, 0.29) is 0 Å². The molecule has 1 aliphatic carbocycles. The first-order valence-electron chi connectivity index (χ1n) is 6.27. The van der Waals surface area contributed by atoms with Crippen LogP contribution in [0.15, 0.2) is 0 Å². The van der Waals surface area contributed by atoms with E-state index in [1.807, 2.05) is 0 Å². The molecule has 3 nitrogen and oxygen atoms in total. The monoisotopic (exact) mass is 222 g/mol. The molecule has 0 aromatic carbocycles. The summed E-state index contributed by atoms with van der Waals surface area (Å²) in [6.45, 7) is 5.29. The Morgan fingerprint density at radius 1 is 1.56 bits per heavy atom. The molecule has 16 heavy (non-hydrogen) atoms. The summed E-state index contributed by atoms with van der Waals surface area (Å²) in [7, 11) is 1.76. The minimum atomic E-state index is 0.535. The van der Waals surface area contributed by atoms with Crippen molar-refractivity contribution in [3.63, 3.8) is 0 Å². The summed E-state index contributed by atoms with van der Waals surface area (Å²) >= 11 is 0. The van der Waals surface area contributed by atoms with Gasteiger partial charge in [0.05, 0.1) is 5.69 Å². The van der Waals surface area contributed by atoms with Crippen LogP contribution in [0.3, 0.4) is 0 Å². The number of hydrogen-bond donors (Lipinski definition) is 1. The smallest absolute Gasteiger partial charge is 0.106 e. The number of nitrogens with one attached hydrogen (secondary N) is 1. The number of rotatable bonds is 4. The third kappa shape index (κ3) is 2.46. The zero-order chi connectivity index (χ0) is 11.5. The molecule has 2 atom stereocenters. The maximum absolute atomic E-state index is 5.16. The Morgan fingerprint density at radius 2 is 2.38 bits per heavy atom. The second kappa shape index (κ2) is 5.00. The second-order valence-electron chi connectivity index (χ2n) is 5.11. The van der Waals surface area contributed by atoms with Crippen molar-refractivity contribution < 1.29 is 4.74 Å². The molecule has 0 saturated carbocycles. The largest absolute Gasteiger partial charge is 0.384 e. The molecule has 1 N–H and O–H groups in total. The summed E-state index contributed by atoms with van der Waals surface area (Å²) in [6.07, 6.45) is 4.74. The van der Waals surface area contributed by atoms with Crippen LogP contribution < -0.4 is 0 Å². The summed E-state index contributed by atoms with van der Waals surface area (Å²) < 4.78 is 5.16. The maximum Gasteiger partial charge on any atom is 0.106 e. The van der Waals surface area contributed by atoms with Crippen molar-refractivity contribution in [2.24, 2.45) is 5.92 Å². The molecule has 2 rings (SSSR count). The number of aromatic amines is 1. The fraction of sp³-hybridized carbons (Fsp3) is 0.769. The lowest BCUT2D eigenvalue weighted by atomic mass is 9.92. The number of nitrogens with zero attached hydrogens (tertiary/aromatic N) is 1. The predicted octanol–water partition coefficient (Wildman–Crippen LogP) is 2.67. The molecule has 90 valence electrons. The quantitative estimate of drug-likeness (QED) is 0.850. The highest BCUT2D eigenvalue weighted by atomic mass is 16.5. The van der Waals surface area contributed by atoms with Crippen LogP contribution in [0.2, 0.25) is 0 Å². The van der Waals surface area contributed by atoms with Gasteiger partial charge in [-0.15, -0.1) is 0 Å². The number of imidazole rings is 1. The standard InChI is InChI=1S/C13H22N2O/c1-9(8-16-3)7-12-14-11-6-4-5-10(2)13(11)15-12/h9-10H,4-8H2,1-3H3,(H,14,15). The third-order valence-corrected chi connectivity index (χ3v) is 3.38. The van der Waals surface area contributed by atoms with Gasteiger partial charge >= 0.3 is 0 Å². The molecule has 0 aliphatic heterocycles. The van der Waals surface area contributed by atoms with E-state index in [0.29, 0.717) is 11.8 Å². The van der Waals surface area contributed by atoms with Crippen molar-refractivity contribution in [2.45, 2.75) is 45.4 Å². The van der Waals surface area contributed by atoms with Gasteiger partial charge in [-0.1, -0.05) is 13.8 Å². The number of methoxy groups -OCH3 is 1. The van der Waals surface area contributed by atoms with E-state index in [4.69, 9.17) is 9.72 Å². The van der Waals surface area contributed by atoms with Gasteiger partial charge in [-0.05, 0) is 25.2 Å². The second-order valence-corrected chi connectivity index (χ2v) is 5.11. The number of aromatic nitrogens is 2. The molecule has 3 heteroatoms. The average molecular weight is 222 g/mol. The van der Waals surface area contributed by atoms with Crippen LogP contribution in [0.1, 0.15) is 49.8 Å². The summed E-state index contributed by atoms with van der Waals surface area (Å²) in [5.74, 6) is 2.31. The molecule has 0 bridgehead atoms. The van der Waals surface area contributed by atoms with E-state index in [9.17, 15) is 0 Å². The first kappa shape index (κ1) is 11.6. The minimum Gasteiger partial charge on any atom is -0.384 e. The fourth-order valence-corrected chi connectivity index (χ4v) is 2.57. The van der Waals surface area contributed by atoms with Crippen molar-refractivity contribution in [1.29, 1.82) is 0 Å². The summed E-state index contributed by atoms with van der Waals surface area (Å²) in [6, 6.07) is 0. The molecule has 0 fully saturated rings. The first-order chi connectivity index (χ1) is 7.70. The first-order valence-corrected chi connectivity index (χ1v) is 6.27. The zero-order valence-corrected chi connectivity index (χ0v) is 10.5. The summed E-state index contributed by atoms with van der Waals surface area (Å²) in [5, 5.41) is 0. The van der Waals surface area contributed by atoms with Crippen molar-refractivity contribution in [3.05, 3.63) is 17.2 Å². The average Bonchev–Trinajstić information content (AvgIpc) is 2.62. The Kier molecular flexibility index (Phi) is 3.64. The van der Waals surface area contributed by atoms with E-state index < -0.39 is 0 Å². The Bertz CT molecular complexity index is 346. The molecule has 0 spiro atoms. The van der Waals surface area contributed by atoms with Gasteiger partial charge in [-0.3, -0.25) is 0 Å². The number of H-pyrrole nitrogens is 1. The lowest BCUT2D eigenvalue weighted by molar-refractivity contribution is 0.159. The fourth-order valence-electron chi connectivity index (χ4n) is 2.57. The number of aryl methyl sites for hydroxylation is 1. The van der Waals surface area contributed by atoms with Crippen molar-refractivity contribution in [1.82, 2.24) is 9.97 Å². The van der Waals surface area contributed by atoms with Gasteiger partial charge in [-0.2, -0.15) is 0 Å². The highest BCUT2D eigenvalue weighted by molar-refractivity contribution is 5.21. The van der Waals surface area contributed by atoms with Crippen LogP contribution in [0, 0.1) is 5.92 Å². The summed E-state index contributed by atoms with van der Waals surface area (Å²) in [5.41, 5.74) is 2.68. The normalized spacial score (nSPS) is 21.8. The zero-order valence-electron chi connectivity index (χ0n) is 10.5. The summed E-state index contributed by atoms with van der Waals surface area (Å²) in [4.78, 5) is 8.23. The lowest BCUT2D eigenvalue weighted by Gasteiger charge is -2.15. The molecular weight excluding hydrogens is 200 g/mol. The third-order valence-electron chi connectivity index (χ3n) is 3.38. The van der Waals surface area contributed by atoms with E-state index >= 15 is 0 Å². The lowest BCUT2D eigenvalue weighted by Crippen LogP contribution is -2.08. The molecule has 1 aromatic heterocycles. The van der Waals surface area contributed by atoms with E-state index in [1.54, 1.807) is 7.11 Å². The Morgan fingerprint density at radius 3 is 3.06 bits per heavy atom. The van der Waals surface area contributed by atoms with Crippen LogP contribution in [0.4, 0.5) is 0 Å². The van der Waals surface area contributed by atoms with Crippen LogP contribution in [-0.2, 0) is 17.6 Å². The van der Waals surface area contributed by atoms with Gasteiger partial charge in [0.15, 0.2) is 0 Å². The van der Waals surface area contributed by atoms with Crippen LogP contribution in [0.5, 0.6) is 0 Å². The van der Waals surface area contributed by atoms with Crippen LogP contribution in [-0.4, -0.2) is 23.7 Å². The Balaban J connectivity index is 2.06. The van der Waals surface area contributed by atoms with Gasteiger partial charge in [0, 0.05) is 31.7 Å². The van der Waals surface area contributed by atoms with E-state index in [2.05, 4.69) is 18.8 Å². The van der Waals surface area contributed by atoms with Crippen LogP contribution in [0.25, 0.3) is 0 Å². The number of ether oxygens (including phenoxy) is 1. The van der Waals surface area contributed by atoms with Crippen molar-refractivity contribution >= 4 is 0 Å². The van der Waals surface area contributed by atoms with E-state index in [1.165, 1.54) is 30.7 Å². The van der Waals surface area contributed by atoms with Crippen molar-refractivity contribution in [3.8, 4) is 0 Å². The van der Waals surface area contributed by atoms with Gasteiger partial charge < -0.3 is 9.72 Å². The molecule has 2 unspecified atom stereocenters. The highest BCUT2D eigenvalue weighted by Gasteiger charge is 2.21. The molecular formula is C13H22N2O. The predicted molar refractivity (Wildman–Crippen MR) is 64.7 cm³/mol. The molecule has 1 aromatic rings. The molecule has 0 amide bonds.